The minimum atomic E-state index is -0.960. The first kappa shape index (κ1) is 10.2. The summed E-state index contributed by atoms with van der Waals surface area (Å²) in [5, 5.41) is 10.5. The third-order valence-corrected chi connectivity index (χ3v) is 4.02. The minimum absolute atomic E-state index is 0.00662. The summed E-state index contributed by atoms with van der Waals surface area (Å²) < 4.78 is 5.72. The van der Waals surface area contributed by atoms with Gasteiger partial charge in [0.15, 0.2) is 5.78 Å². The van der Waals surface area contributed by atoms with Crippen LogP contribution in [0.25, 0.3) is 0 Å². The van der Waals surface area contributed by atoms with E-state index in [1.54, 1.807) is 6.08 Å². The lowest BCUT2D eigenvalue weighted by Crippen LogP contribution is -2.56. The molecule has 16 heavy (non-hydrogen) atoms. The lowest BCUT2D eigenvalue weighted by molar-refractivity contribution is -0.179. The number of fused-ring (bicyclic) bond motifs is 3. The lowest BCUT2D eigenvalue weighted by Gasteiger charge is -2.48. The monoisotopic (exact) mass is 220 g/mol. The van der Waals surface area contributed by atoms with Gasteiger partial charge in [-0.2, -0.15) is 0 Å². The van der Waals surface area contributed by atoms with Crippen LogP contribution in [0.15, 0.2) is 24.3 Å². The molecule has 1 fully saturated rings. The molecule has 3 heteroatoms. The van der Waals surface area contributed by atoms with Crippen molar-refractivity contribution in [3.05, 3.63) is 24.3 Å². The van der Waals surface area contributed by atoms with Crippen molar-refractivity contribution in [2.24, 2.45) is 11.8 Å². The Morgan fingerprint density at radius 1 is 1.38 bits per heavy atom. The van der Waals surface area contributed by atoms with Gasteiger partial charge < -0.3 is 9.84 Å². The molecule has 0 aromatic rings. The van der Waals surface area contributed by atoms with E-state index in [9.17, 15) is 9.90 Å². The molecule has 2 aliphatic carbocycles. The molecular weight excluding hydrogens is 204 g/mol. The highest BCUT2D eigenvalue weighted by atomic mass is 16.5. The van der Waals surface area contributed by atoms with Crippen LogP contribution >= 0.6 is 0 Å². The molecule has 0 radical (unpaired) electrons. The molecule has 3 nitrogen and oxygen atoms in total. The first-order valence-electron chi connectivity index (χ1n) is 5.89. The van der Waals surface area contributed by atoms with Gasteiger partial charge >= 0.3 is 0 Å². The summed E-state index contributed by atoms with van der Waals surface area (Å²) in [5.41, 5.74) is -0.960. The molecule has 0 bridgehead atoms. The standard InChI is InChI=1S/C13H16O3/c14-9-5-6-11-10-3-1-2-4-12(10)16-8-13(11,15)7-9/h1-2,5-6,10-12,15H,3-4,7-8H2/t10?,11?,12?,13-/m0/s1. The number of allylic oxidation sites excluding steroid dienone is 2. The largest absolute Gasteiger partial charge is 0.386 e. The summed E-state index contributed by atoms with van der Waals surface area (Å²) in [6, 6.07) is 0. The van der Waals surface area contributed by atoms with Gasteiger partial charge in [0.25, 0.3) is 0 Å². The molecule has 0 saturated carbocycles. The second kappa shape index (κ2) is 3.54. The number of aliphatic hydroxyl groups is 1. The van der Waals surface area contributed by atoms with Gasteiger partial charge in [-0.15, -0.1) is 0 Å². The summed E-state index contributed by atoms with van der Waals surface area (Å²) in [5.74, 6) is 0.411. The van der Waals surface area contributed by atoms with Gasteiger partial charge in [-0.3, -0.25) is 4.79 Å². The highest BCUT2D eigenvalue weighted by Gasteiger charge is 2.50. The van der Waals surface area contributed by atoms with E-state index in [-0.39, 0.29) is 24.2 Å². The second-order valence-electron chi connectivity index (χ2n) is 5.09. The van der Waals surface area contributed by atoms with E-state index in [0.717, 1.165) is 12.8 Å². The van der Waals surface area contributed by atoms with Crippen molar-refractivity contribution in [2.75, 3.05) is 6.61 Å². The van der Waals surface area contributed by atoms with Crippen molar-refractivity contribution < 1.29 is 14.6 Å². The van der Waals surface area contributed by atoms with Gasteiger partial charge in [0.2, 0.25) is 0 Å². The number of carbonyl (C=O) groups excluding carboxylic acids is 1. The van der Waals surface area contributed by atoms with Gasteiger partial charge in [-0.05, 0) is 24.8 Å². The molecule has 4 atom stereocenters. The Morgan fingerprint density at radius 2 is 2.19 bits per heavy atom. The number of ketones is 1. The van der Waals surface area contributed by atoms with Gasteiger partial charge in [-0.1, -0.05) is 18.2 Å². The smallest absolute Gasteiger partial charge is 0.158 e. The minimum Gasteiger partial charge on any atom is -0.386 e. The molecular formula is C13H16O3. The van der Waals surface area contributed by atoms with Crippen molar-refractivity contribution in [1.82, 2.24) is 0 Å². The van der Waals surface area contributed by atoms with Crippen LogP contribution in [-0.2, 0) is 9.53 Å². The lowest BCUT2D eigenvalue weighted by atomic mass is 9.66. The Hall–Kier alpha value is -0.930. The molecule has 1 aliphatic heterocycles. The molecule has 3 unspecified atom stereocenters. The molecule has 0 spiro atoms. The maximum absolute atomic E-state index is 11.4. The van der Waals surface area contributed by atoms with E-state index < -0.39 is 5.60 Å². The van der Waals surface area contributed by atoms with Crippen LogP contribution in [0.1, 0.15) is 19.3 Å². The summed E-state index contributed by atoms with van der Waals surface area (Å²) >= 11 is 0. The van der Waals surface area contributed by atoms with Gasteiger partial charge in [0, 0.05) is 12.3 Å². The molecule has 86 valence electrons. The van der Waals surface area contributed by atoms with Gasteiger partial charge in [0.05, 0.1) is 12.7 Å². The zero-order valence-corrected chi connectivity index (χ0v) is 9.13. The molecule has 0 aromatic carbocycles. The van der Waals surface area contributed by atoms with Gasteiger partial charge in [0.1, 0.15) is 5.60 Å². The SMILES string of the molecule is O=C1C=CC2C3CC=CCC3OC[C@@]2(O)C1. The van der Waals surface area contributed by atoms with Crippen molar-refractivity contribution in [2.45, 2.75) is 31.0 Å². The summed E-state index contributed by atoms with van der Waals surface area (Å²) in [6.45, 7) is 0.294. The first-order valence-corrected chi connectivity index (χ1v) is 5.89. The predicted molar refractivity (Wildman–Crippen MR) is 58.8 cm³/mol. The van der Waals surface area contributed by atoms with Gasteiger partial charge in [-0.25, -0.2) is 0 Å². The fraction of sp³-hybridized carbons (Fsp3) is 0.615. The summed E-state index contributed by atoms with van der Waals surface area (Å²) in [7, 11) is 0. The fourth-order valence-electron chi connectivity index (χ4n) is 3.19. The molecule has 3 rings (SSSR count). The van der Waals surface area contributed by atoms with Crippen molar-refractivity contribution >= 4 is 5.78 Å². The second-order valence-corrected chi connectivity index (χ2v) is 5.09. The van der Waals surface area contributed by atoms with E-state index in [0.29, 0.717) is 12.5 Å². The average Bonchev–Trinajstić information content (AvgIpc) is 2.27. The Kier molecular flexibility index (Phi) is 2.26. The fourth-order valence-corrected chi connectivity index (χ4v) is 3.19. The molecule has 1 saturated heterocycles. The maximum atomic E-state index is 11.4. The van der Waals surface area contributed by atoms with Crippen molar-refractivity contribution in [3.8, 4) is 0 Å². The molecule has 3 aliphatic rings. The van der Waals surface area contributed by atoms with Crippen molar-refractivity contribution in [3.63, 3.8) is 0 Å². The van der Waals surface area contributed by atoms with Crippen LogP contribution in [0.5, 0.6) is 0 Å². The highest BCUT2D eigenvalue weighted by molar-refractivity contribution is 5.91. The number of ether oxygens (including phenoxy) is 1. The number of rotatable bonds is 0. The average molecular weight is 220 g/mol. The van der Waals surface area contributed by atoms with Crippen LogP contribution in [0.4, 0.5) is 0 Å². The van der Waals surface area contributed by atoms with E-state index in [2.05, 4.69) is 12.2 Å². The Labute approximate surface area is 94.8 Å². The van der Waals surface area contributed by atoms with E-state index in [4.69, 9.17) is 4.74 Å². The molecule has 1 N–H and O–H groups in total. The Balaban J connectivity index is 1.93. The highest BCUT2D eigenvalue weighted by Crippen LogP contribution is 2.43. The third kappa shape index (κ3) is 1.46. The molecule has 0 aromatic heterocycles. The van der Waals surface area contributed by atoms with E-state index in [1.807, 2.05) is 6.08 Å². The van der Waals surface area contributed by atoms with E-state index in [1.165, 1.54) is 0 Å². The van der Waals surface area contributed by atoms with Crippen LogP contribution < -0.4 is 0 Å². The summed E-state index contributed by atoms with van der Waals surface area (Å²) in [6.07, 6.45) is 10.1. The van der Waals surface area contributed by atoms with Crippen LogP contribution in [0, 0.1) is 11.8 Å². The Bertz CT molecular complexity index is 371. The number of hydrogen-bond acceptors (Lipinski definition) is 3. The molecule has 0 amide bonds. The number of carbonyl (C=O) groups is 1. The number of hydrogen-bond donors (Lipinski definition) is 1. The van der Waals surface area contributed by atoms with Crippen LogP contribution in [0.3, 0.4) is 0 Å². The third-order valence-electron chi connectivity index (χ3n) is 4.02. The zero-order chi connectivity index (χ0) is 11.2. The molecule has 1 heterocycles. The maximum Gasteiger partial charge on any atom is 0.158 e. The van der Waals surface area contributed by atoms with E-state index >= 15 is 0 Å². The normalized spacial score (nSPS) is 46.3. The summed E-state index contributed by atoms with van der Waals surface area (Å²) in [4.78, 5) is 11.4. The zero-order valence-electron chi connectivity index (χ0n) is 9.13. The van der Waals surface area contributed by atoms with Crippen LogP contribution in [-0.4, -0.2) is 29.2 Å². The predicted octanol–water partition coefficient (Wildman–Crippen LogP) is 1.23. The van der Waals surface area contributed by atoms with Crippen LogP contribution in [0.2, 0.25) is 0 Å². The van der Waals surface area contributed by atoms with Crippen molar-refractivity contribution in [1.29, 1.82) is 0 Å². The topological polar surface area (TPSA) is 46.5 Å². The Morgan fingerprint density at radius 3 is 3.06 bits per heavy atom. The quantitative estimate of drug-likeness (QED) is 0.624. The first-order chi connectivity index (χ1) is 7.69.